The summed E-state index contributed by atoms with van der Waals surface area (Å²) in [5.74, 6) is -1.57. The van der Waals surface area contributed by atoms with E-state index in [9.17, 15) is 14.4 Å². The summed E-state index contributed by atoms with van der Waals surface area (Å²) in [6.07, 6.45) is 0.995. The highest BCUT2D eigenvalue weighted by atomic mass is 32.1. The fraction of sp³-hybridized carbons (Fsp3) is 0.455. The first-order valence-corrected chi connectivity index (χ1v) is 6.66. The standard InChI is InChI=1S/C11H15N3O4S/c1-2-3-8(15)14-11-13-7(6-19-11)10(18)12-5-4-9(16)17/h6H,2-5H2,1H3,(H,12,18)(H,16,17)(H,13,14,15). The third-order valence-electron chi connectivity index (χ3n) is 2.08. The van der Waals surface area contributed by atoms with Crippen LogP contribution in [0.15, 0.2) is 5.38 Å². The Bertz CT molecular complexity index is 472. The van der Waals surface area contributed by atoms with Crippen LogP contribution in [-0.2, 0) is 9.59 Å². The van der Waals surface area contributed by atoms with Gasteiger partial charge in [0.1, 0.15) is 5.69 Å². The van der Waals surface area contributed by atoms with Crippen LogP contribution in [0.25, 0.3) is 0 Å². The van der Waals surface area contributed by atoms with Crippen LogP contribution in [0.2, 0.25) is 0 Å². The van der Waals surface area contributed by atoms with Crippen molar-refractivity contribution in [3.05, 3.63) is 11.1 Å². The molecule has 0 radical (unpaired) electrons. The number of anilines is 1. The van der Waals surface area contributed by atoms with Crippen LogP contribution in [0, 0.1) is 0 Å². The van der Waals surface area contributed by atoms with Crippen LogP contribution in [0.3, 0.4) is 0 Å². The Morgan fingerprint density at radius 1 is 1.37 bits per heavy atom. The Morgan fingerprint density at radius 2 is 2.11 bits per heavy atom. The van der Waals surface area contributed by atoms with Crippen LogP contribution < -0.4 is 10.6 Å². The van der Waals surface area contributed by atoms with Gasteiger partial charge in [0.15, 0.2) is 5.13 Å². The third-order valence-corrected chi connectivity index (χ3v) is 2.84. The smallest absolute Gasteiger partial charge is 0.305 e. The summed E-state index contributed by atoms with van der Waals surface area (Å²) >= 11 is 1.15. The summed E-state index contributed by atoms with van der Waals surface area (Å²) in [6.45, 7) is 1.94. The number of carboxylic acid groups (broad SMARTS) is 1. The van der Waals surface area contributed by atoms with E-state index in [1.54, 1.807) is 0 Å². The van der Waals surface area contributed by atoms with Crippen LogP contribution in [-0.4, -0.2) is 34.4 Å². The Labute approximate surface area is 114 Å². The molecule has 0 aliphatic heterocycles. The van der Waals surface area contributed by atoms with E-state index in [1.807, 2.05) is 6.92 Å². The number of carboxylic acids is 1. The lowest BCUT2D eigenvalue weighted by Gasteiger charge is -2.00. The van der Waals surface area contributed by atoms with Crippen molar-refractivity contribution in [3.8, 4) is 0 Å². The molecule has 1 rings (SSSR count). The van der Waals surface area contributed by atoms with Gasteiger partial charge >= 0.3 is 5.97 Å². The molecule has 0 aliphatic rings. The lowest BCUT2D eigenvalue weighted by Crippen LogP contribution is -2.26. The number of rotatable bonds is 7. The molecule has 0 unspecified atom stereocenters. The van der Waals surface area contributed by atoms with E-state index < -0.39 is 11.9 Å². The number of carbonyl (C=O) groups is 3. The minimum absolute atomic E-state index is 0.0449. The lowest BCUT2D eigenvalue weighted by molar-refractivity contribution is -0.136. The molecule has 8 heteroatoms. The Balaban J connectivity index is 2.47. The molecule has 0 aromatic carbocycles. The van der Waals surface area contributed by atoms with Gasteiger partial charge in [-0.2, -0.15) is 0 Å². The van der Waals surface area contributed by atoms with Gasteiger partial charge in [-0.05, 0) is 6.42 Å². The first kappa shape index (κ1) is 15.1. The maximum atomic E-state index is 11.6. The zero-order valence-electron chi connectivity index (χ0n) is 10.4. The van der Waals surface area contributed by atoms with Gasteiger partial charge in [0, 0.05) is 18.3 Å². The summed E-state index contributed by atoms with van der Waals surface area (Å²) in [7, 11) is 0. The highest BCUT2D eigenvalue weighted by Gasteiger charge is 2.12. The van der Waals surface area contributed by atoms with Crippen molar-refractivity contribution >= 4 is 34.3 Å². The Kier molecular flexibility index (Phi) is 5.94. The fourth-order valence-electron chi connectivity index (χ4n) is 1.22. The van der Waals surface area contributed by atoms with E-state index >= 15 is 0 Å². The van der Waals surface area contributed by atoms with Gasteiger partial charge < -0.3 is 15.7 Å². The van der Waals surface area contributed by atoms with Crippen molar-refractivity contribution in [1.29, 1.82) is 0 Å². The van der Waals surface area contributed by atoms with Crippen molar-refractivity contribution in [3.63, 3.8) is 0 Å². The van der Waals surface area contributed by atoms with Gasteiger partial charge in [0.2, 0.25) is 5.91 Å². The predicted molar refractivity (Wildman–Crippen MR) is 70.2 cm³/mol. The number of hydrogen-bond acceptors (Lipinski definition) is 5. The SMILES string of the molecule is CCCC(=O)Nc1nc(C(=O)NCCC(=O)O)cs1. The predicted octanol–water partition coefficient (Wildman–Crippen LogP) is 1.09. The highest BCUT2D eigenvalue weighted by molar-refractivity contribution is 7.14. The molecule has 104 valence electrons. The second-order valence-corrected chi connectivity index (χ2v) is 4.59. The largest absolute Gasteiger partial charge is 0.481 e. The number of hydrogen-bond donors (Lipinski definition) is 3. The molecule has 0 saturated heterocycles. The molecule has 19 heavy (non-hydrogen) atoms. The fourth-order valence-corrected chi connectivity index (χ4v) is 1.92. The average molecular weight is 285 g/mol. The topological polar surface area (TPSA) is 108 Å². The zero-order chi connectivity index (χ0) is 14.3. The molecule has 2 amide bonds. The van der Waals surface area contributed by atoms with Crippen molar-refractivity contribution in [2.45, 2.75) is 26.2 Å². The Morgan fingerprint density at radius 3 is 2.74 bits per heavy atom. The number of thiazole rings is 1. The maximum Gasteiger partial charge on any atom is 0.305 e. The van der Waals surface area contributed by atoms with Gasteiger partial charge in [0.25, 0.3) is 5.91 Å². The maximum absolute atomic E-state index is 11.6. The molecule has 1 aromatic rings. The molecule has 0 spiro atoms. The van der Waals surface area contributed by atoms with Crippen LogP contribution in [0.1, 0.15) is 36.7 Å². The molecular formula is C11H15N3O4S. The number of nitrogens with one attached hydrogen (secondary N) is 2. The zero-order valence-corrected chi connectivity index (χ0v) is 11.2. The second-order valence-electron chi connectivity index (χ2n) is 3.74. The third kappa shape index (κ3) is 5.47. The molecule has 0 fully saturated rings. The van der Waals surface area contributed by atoms with Crippen LogP contribution in [0.4, 0.5) is 5.13 Å². The summed E-state index contributed by atoms with van der Waals surface area (Å²) in [4.78, 5) is 37.2. The van der Waals surface area contributed by atoms with E-state index in [1.165, 1.54) is 5.38 Å². The second kappa shape index (κ2) is 7.47. The van der Waals surface area contributed by atoms with E-state index in [0.717, 1.165) is 17.8 Å². The van der Waals surface area contributed by atoms with Crippen molar-refractivity contribution < 1.29 is 19.5 Å². The van der Waals surface area contributed by atoms with Gasteiger partial charge in [-0.1, -0.05) is 6.92 Å². The van der Waals surface area contributed by atoms with Gasteiger partial charge in [-0.25, -0.2) is 4.98 Å². The van der Waals surface area contributed by atoms with E-state index in [0.29, 0.717) is 11.6 Å². The molecular weight excluding hydrogens is 270 g/mol. The van der Waals surface area contributed by atoms with Crippen molar-refractivity contribution in [2.24, 2.45) is 0 Å². The minimum atomic E-state index is -0.980. The highest BCUT2D eigenvalue weighted by Crippen LogP contribution is 2.15. The summed E-state index contributed by atoms with van der Waals surface area (Å²) in [5, 5.41) is 15.3. The Hall–Kier alpha value is -1.96. The molecule has 1 aromatic heterocycles. The summed E-state index contributed by atoms with van der Waals surface area (Å²) in [5.41, 5.74) is 0.169. The molecule has 7 nitrogen and oxygen atoms in total. The molecule has 1 heterocycles. The molecule has 0 bridgehead atoms. The first-order valence-electron chi connectivity index (χ1n) is 5.78. The van der Waals surface area contributed by atoms with Crippen molar-refractivity contribution in [2.75, 3.05) is 11.9 Å². The molecule has 0 saturated carbocycles. The van der Waals surface area contributed by atoms with E-state index in [4.69, 9.17) is 5.11 Å². The average Bonchev–Trinajstić information content (AvgIpc) is 2.77. The van der Waals surface area contributed by atoms with Crippen LogP contribution >= 0.6 is 11.3 Å². The first-order chi connectivity index (χ1) is 9.02. The molecule has 0 atom stereocenters. The number of aliphatic carboxylic acids is 1. The van der Waals surface area contributed by atoms with E-state index in [2.05, 4.69) is 15.6 Å². The van der Waals surface area contributed by atoms with E-state index in [-0.39, 0.29) is 24.6 Å². The van der Waals surface area contributed by atoms with Gasteiger partial charge in [-0.15, -0.1) is 11.3 Å². The number of aromatic nitrogens is 1. The molecule has 0 aliphatic carbocycles. The summed E-state index contributed by atoms with van der Waals surface area (Å²) in [6, 6.07) is 0. The minimum Gasteiger partial charge on any atom is -0.481 e. The van der Waals surface area contributed by atoms with Crippen molar-refractivity contribution in [1.82, 2.24) is 10.3 Å². The lowest BCUT2D eigenvalue weighted by atomic mass is 10.3. The quantitative estimate of drug-likeness (QED) is 0.694. The normalized spacial score (nSPS) is 9.95. The number of carbonyl (C=O) groups excluding carboxylic acids is 2. The monoisotopic (exact) mass is 285 g/mol. The summed E-state index contributed by atoms with van der Waals surface area (Å²) < 4.78 is 0. The number of amides is 2. The van der Waals surface area contributed by atoms with Crippen LogP contribution in [0.5, 0.6) is 0 Å². The van der Waals surface area contributed by atoms with Gasteiger partial charge in [0.05, 0.1) is 6.42 Å². The molecule has 3 N–H and O–H groups in total. The number of nitrogens with zero attached hydrogens (tertiary/aromatic N) is 1. The van der Waals surface area contributed by atoms with Gasteiger partial charge in [-0.3, -0.25) is 14.4 Å².